The van der Waals surface area contributed by atoms with Gasteiger partial charge in [-0.1, -0.05) is 32.9 Å². The van der Waals surface area contributed by atoms with Crippen LogP contribution in [-0.2, 0) is 16.6 Å². The van der Waals surface area contributed by atoms with E-state index in [0.717, 1.165) is 22.4 Å². The summed E-state index contributed by atoms with van der Waals surface area (Å²) in [6.07, 6.45) is 0.369. The van der Waals surface area contributed by atoms with Crippen molar-refractivity contribution in [1.29, 1.82) is 0 Å². The van der Waals surface area contributed by atoms with Crippen molar-refractivity contribution < 1.29 is 9.53 Å². The third-order valence-electron chi connectivity index (χ3n) is 3.18. The largest absolute Gasteiger partial charge is 0.496 e. The number of hydrogen-bond donors (Lipinski definition) is 2. The molecule has 0 bridgehead atoms. The van der Waals surface area contributed by atoms with E-state index in [1.807, 2.05) is 13.0 Å². The molecule has 0 saturated carbocycles. The van der Waals surface area contributed by atoms with E-state index in [9.17, 15) is 4.79 Å². The number of amides is 1. The number of carbonyl (C=O) groups excluding carboxylic acids is 1. The molecule has 0 spiro atoms. The average molecular weight is 278 g/mol. The predicted octanol–water partition coefficient (Wildman–Crippen LogP) is 1.92. The van der Waals surface area contributed by atoms with Crippen molar-refractivity contribution in [1.82, 2.24) is 5.32 Å². The van der Waals surface area contributed by atoms with Gasteiger partial charge in [0.25, 0.3) is 0 Å². The van der Waals surface area contributed by atoms with Crippen LogP contribution in [0.4, 0.5) is 0 Å². The first-order chi connectivity index (χ1) is 9.29. The molecule has 0 fully saturated rings. The molecule has 0 unspecified atom stereocenters. The van der Waals surface area contributed by atoms with Gasteiger partial charge >= 0.3 is 0 Å². The van der Waals surface area contributed by atoms with E-state index in [1.165, 1.54) is 0 Å². The second kappa shape index (κ2) is 6.75. The number of carbonyl (C=O) groups is 1. The number of ether oxygens (including phenoxy) is 1. The van der Waals surface area contributed by atoms with Crippen LogP contribution in [0.3, 0.4) is 0 Å². The Bertz CT molecular complexity index is 476. The molecule has 0 aliphatic heterocycles. The minimum absolute atomic E-state index is 0.000115. The van der Waals surface area contributed by atoms with Crippen molar-refractivity contribution in [3.8, 4) is 5.75 Å². The SMILES string of the molecule is COc1c(C)cc(CC(=O)NCCN)cc1C(C)(C)C. The van der Waals surface area contributed by atoms with Gasteiger partial charge in [0.05, 0.1) is 13.5 Å². The zero-order valence-electron chi connectivity index (χ0n) is 13.2. The van der Waals surface area contributed by atoms with Crippen molar-refractivity contribution in [3.63, 3.8) is 0 Å². The normalized spacial score (nSPS) is 11.3. The first kappa shape index (κ1) is 16.5. The van der Waals surface area contributed by atoms with Gasteiger partial charge in [-0.25, -0.2) is 0 Å². The maximum absolute atomic E-state index is 11.8. The molecule has 4 heteroatoms. The van der Waals surface area contributed by atoms with Crippen LogP contribution in [0.1, 0.15) is 37.5 Å². The Morgan fingerprint density at radius 2 is 2.00 bits per heavy atom. The van der Waals surface area contributed by atoms with Crippen LogP contribution in [0.25, 0.3) is 0 Å². The maximum atomic E-state index is 11.8. The number of rotatable bonds is 5. The molecule has 4 nitrogen and oxygen atoms in total. The monoisotopic (exact) mass is 278 g/mol. The molecule has 1 rings (SSSR count). The molecule has 0 aliphatic rings. The molecule has 0 heterocycles. The molecule has 0 atom stereocenters. The summed E-state index contributed by atoms with van der Waals surface area (Å²) in [6.45, 7) is 9.41. The lowest BCUT2D eigenvalue weighted by molar-refractivity contribution is -0.120. The molecule has 1 amide bonds. The Morgan fingerprint density at radius 1 is 1.35 bits per heavy atom. The highest BCUT2D eigenvalue weighted by molar-refractivity contribution is 5.78. The van der Waals surface area contributed by atoms with Crippen molar-refractivity contribution >= 4 is 5.91 Å². The summed E-state index contributed by atoms with van der Waals surface area (Å²) in [6, 6.07) is 4.07. The Labute approximate surface area is 121 Å². The summed E-state index contributed by atoms with van der Waals surface area (Å²) >= 11 is 0. The van der Waals surface area contributed by atoms with Crippen molar-refractivity contribution in [2.75, 3.05) is 20.2 Å². The lowest BCUT2D eigenvalue weighted by Gasteiger charge is -2.24. The average Bonchev–Trinajstić information content (AvgIpc) is 2.34. The highest BCUT2D eigenvalue weighted by Crippen LogP contribution is 2.34. The van der Waals surface area contributed by atoms with Gasteiger partial charge in [0.2, 0.25) is 5.91 Å². The zero-order chi connectivity index (χ0) is 15.3. The van der Waals surface area contributed by atoms with Crippen LogP contribution in [0.2, 0.25) is 0 Å². The summed E-state index contributed by atoms with van der Waals surface area (Å²) in [4.78, 5) is 11.8. The van der Waals surface area contributed by atoms with Crippen LogP contribution in [0, 0.1) is 6.92 Å². The van der Waals surface area contributed by atoms with E-state index in [1.54, 1.807) is 7.11 Å². The van der Waals surface area contributed by atoms with Crippen LogP contribution >= 0.6 is 0 Å². The topological polar surface area (TPSA) is 64.3 Å². The van der Waals surface area contributed by atoms with Gasteiger partial charge in [0, 0.05) is 18.7 Å². The first-order valence-electron chi connectivity index (χ1n) is 6.94. The fourth-order valence-electron chi connectivity index (χ4n) is 2.24. The predicted molar refractivity (Wildman–Crippen MR) is 82.2 cm³/mol. The summed E-state index contributed by atoms with van der Waals surface area (Å²) in [5.74, 6) is 0.906. The van der Waals surface area contributed by atoms with Gasteiger partial charge in [0.15, 0.2) is 0 Å². The third-order valence-corrected chi connectivity index (χ3v) is 3.18. The molecular formula is C16H26N2O2. The molecule has 1 aromatic carbocycles. The van der Waals surface area contributed by atoms with Crippen LogP contribution in [0.15, 0.2) is 12.1 Å². The minimum Gasteiger partial charge on any atom is -0.496 e. The van der Waals surface area contributed by atoms with E-state index >= 15 is 0 Å². The number of aryl methyl sites for hydroxylation is 1. The highest BCUT2D eigenvalue weighted by atomic mass is 16.5. The molecule has 0 aliphatic carbocycles. The first-order valence-corrected chi connectivity index (χ1v) is 6.94. The molecule has 0 saturated heterocycles. The zero-order valence-corrected chi connectivity index (χ0v) is 13.2. The Balaban J connectivity index is 3.05. The van der Waals surface area contributed by atoms with E-state index in [0.29, 0.717) is 19.5 Å². The Kier molecular flexibility index (Phi) is 5.57. The second-order valence-electron chi connectivity index (χ2n) is 6.06. The van der Waals surface area contributed by atoms with E-state index < -0.39 is 0 Å². The number of hydrogen-bond acceptors (Lipinski definition) is 3. The lowest BCUT2D eigenvalue weighted by Crippen LogP contribution is -2.30. The molecule has 3 N–H and O–H groups in total. The number of nitrogens with one attached hydrogen (secondary N) is 1. The van der Waals surface area contributed by atoms with Gasteiger partial charge in [-0.3, -0.25) is 4.79 Å². The summed E-state index contributed by atoms with van der Waals surface area (Å²) < 4.78 is 5.51. The van der Waals surface area contributed by atoms with Gasteiger partial charge in [-0.05, 0) is 23.5 Å². The van der Waals surface area contributed by atoms with Crippen molar-refractivity contribution in [3.05, 3.63) is 28.8 Å². The standard InChI is InChI=1S/C16H26N2O2/c1-11-8-12(10-14(19)18-7-6-17)9-13(15(11)20-5)16(2,3)4/h8-9H,6-7,10,17H2,1-5H3,(H,18,19). The van der Waals surface area contributed by atoms with Gasteiger partial charge in [-0.15, -0.1) is 0 Å². The number of benzene rings is 1. The molecule has 1 aromatic rings. The summed E-state index contributed by atoms with van der Waals surface area (Å²) in [5.41, 5.74) is 8.54. The van der Waals surface area contributed by atoms with Gasteiger partial charge < -0.3 is 15.8 Å². The minimum atomic E-state index is -0.0279. The molecular weight excluding hydrogens is 252 g/mol. The Hall–Kier alpha value is -1.55. The molecule has 20 heavy (non-hydrogen) atoms. The van der Waals surface area contributed by atoms with Crippen molar-refractivity contribution in [2.45, 2.75) is 39.5 Å². The van der Waals surface area contributed by atoms with Gasteiger partial charge in [-0.2, -0.15) is 0 Å². The number of methoxy groups -OCH3 is 1. The fraction of sp³-hybridized carbons (Fsp3) is 0.562. The van der Waals surface area contributed by atoms with Gasteiger partial charge in [0.1, 0.15) is 5.75 Å². The van der Waals surface area contributed by atoms with Crippen LogP contribution in [-0.4, -0.2) is 26.1 Å². The summed E-state index contributed by atoms with van der Waals surface area (Å²) in [7, 11) is 1.69. The van der Waals surface area contributed by atoms with E-state index in [2.05, 4.69) is 32.2 Å². The quantitative estimate of drug-likeness (QED) is 0.865. The number of nitrogens with two attached hydrogens (primary N) is 1. The fourth-order valence-corrected chi connectivity index (χ4v) is 2.24. The molecule has 112 valence electrons. The van der Waals surface area contributed by atoms with Crippen LogP contribution < -0.4 is 15.8 Å². The van der Waals surface area contributed by atoms with Crippen molar-refractivity contribution in [2.24, 2.45) is 5.73 Å². The van der Waals surface area contributed by atoms with Crippen LogP contribution in [0.5, 0.6) is 5.75 Å². The summed E-state index contributed by atoms with van der Waals surface area (Å²) in [5, 5.41) is 2.79. The highest BCUT2D eigenvalue weighted by Gasteiger charge is 2.21. The molecule has 0 aromatic heterocycles. The second-order valence-corrected chi connectivity index (χ2v) is 6.06. The maximum Gasteiger partial charge on any atom is 0.224 e. The lowest BCUT2D eigenvalue weighted by atomic mass is 9.83. The smallest absolute Gasteiger partial charge is 0.224 e. The Morgan fingerprint density at radius 3 is 2.50 bits per heavy atom. The van der Waals surface area contributed by atoms with E-state index in [-0.39, 0.29) is 11.3 Å². The van der Waals surface area contributed by atoms with E-state index in [4.69, 9.17) is 10.5 Å². The molecule has 0 radical (unpaired) electrons. The third kappa shape index (κ3) is 4.23.